The highest BCUT2D eigenvalue weighted by Gasteiger charge is 2.13. The molecule has 1 aromatic carbocycles. The van der Waals surface area contributed by atoms with Crippen LogP contribution in [0.2, 0.25) is 10.0 Å². The van der Waals surface area contributed by atoms with Crippen molar-refractivity contribution in [2.45, 2.75) is 33.2 Å². The Morgan fingerprint density at radius 3 is 2.54 bits per heavy atom. The van der Waals surface area contributed by atoms with Crippen molar-refractivity contribution in [2.75, 3.05) is 13.6 Å². The Bertz CT molecular complexity index is 773. The van der Waals surface area contributed by atoms with E-state index in [1.165, 1.54) is 11.3 Å². The van der Waals surface area contributed by atoms with E-state index in [1.54, 1.807) is 13.1 Å². The van der Waals surface area contributed by atoms with E-state index in [9.17, 15) is 0 Å². The first-order valence-electron chi connectivity index (χ1n) is 8.24. The highest BCUT2D eigenvalue weighted by molar-refractivity contribution is 14.0. The summed E-state index contributed by atoms with van der Waals surface area (Å²) in [4.78, 5) is 4.29. The van der Waals surface area contributed by atoms with Crippen molar-refractivity contribution >= 4 is 53.1 Å². The molecule has 0 saturated carbocycles. The van der Waals surface area contributed by atoms with E-state index in [1.807, 2.05) is 37.7 Å². The maximum atomic E-state index is 6.28. The second-order valence-electron chi connectivity index (χ2n) is 6.05. The van der Waals surface area contributed by atoms with Gasteiger partial charge in [-0.05, 0) is 50.5 Å². The van der Waals surface area contributed by atoms with Gasteiger partial charge in [-0.2, -0.15) is 5.10 Å². The lowest BCUT2D eigenvalue weighted by molar-refractivity contribution is 0.683. The predicted molar refractivity (Wildman–Crippen MR) is 121 cm³/mol. The lowest BCUT2D eigenvalue weighted by Gasteiger charge is -2.19. The summed E-state index contributed by atoms with van der Waals surface area (Å²) in [6.07, 6.45) is 0.891. The van der Waals surface area contributed by atoms with Gasteiger partial charge in [-0.15, -0.1) is 24.0 Å². The molecule has 0 amide bonds. The molecule has 8 heteroatoms. The molecular formula is C18H26Cl2IN5. The van der Waals surface area contributed by atoms with E-state index >= 15 is 0 Å². The third-order valence-corrected chi connectivity index (χ3v) is 4.89. The Kier molecular flexibility index (Phi) is 9.19. The van der Waals surface area contributed by atoms with Crippen molar-refractivity contribution < 1.29 is 0 Å². The van der Waals surface area contributed by atoms with Gasteiger partial charge in [0.05, 0.1) is 11.7 Å². The van der Waals surface area contributed by atoms with Gasteiger partial charge in [0.1, 0.15) is 0 Å². The third kappa shape index (κ3) is 5.76. The van der Waals surface area contributed by atoms with Crippen LogP contribution in [0.5, 0.6) is 0 Å². The minimum atomic E-state index is 0. The Morgan fingerprint density at radius 2 is 2.00 bits per heavy atom. The summed E-state index contributed by atoms with van der Waals surface area (Å²) < 4.78 is 1.92. The van der Waals surface area contributed by atoms with Crippen molar-refractivity contribution in [3.05, 3.63) is 50.8 Å². The van der Waals surface area contributed by atoms with Crippen LogP contribution < -0.4 is 10.6 Å². The van der Waals surface area contributed by atoms with E-state index in [0.717, 1.165) is 30.2 Å². The number of hydrogen-bond donors (Lipinski definition) is 2. The van der Waals surface area contributed by atoms with Crippen LogP contribution in [0.25, 0.3) is 0 Å². The van der Waals surface area contributed by atoms with Crippen LogP contribution in [0.3, 0.4) is 0 Å². The fourth-order valence-corrected chi connectivity index (χ4v) is 3.39. The van der Waals surface area contributed by atoms with Crippen LogP contribution in [-0.4, -0.2) is 29.3 Å². The minimum absolute atomic E-state index is 0. The van der Waals surface area contributed by atoms with E-state index in [4.69, 9.17) is 23.2 Å². The van der Waals surface area contributed by atoms with E-state index < -0.39 is 0 Å². The van der Waals surface area contributed by atoms with Gasteiger partial charge in [-0.1, -0.05) is 29.3 Å². The van der Waals surface area contributed by atoms with Gasteiger partial charge in [0, 0.05) is 36.4 Å². The van der Waals surface area contributed by atoms with Gasteiger partial charge in [-0.25, -0.2) is 0 Å². The highest BCUT2D eigenvalue weighted by atomic mass is 127. The van der Waals surface area contributed by atoms with Gasteiger partial charge >= 0.3 is 0 Å². The first kappa shape index (κ1) is 23.0. The maximum absolute atomic E-state index is 6.28. The van der Waals surface area contributed by atoms with Gasteiger partial charge in [-0.3, -0.25) is 9.67 Å². The first-order chi connectivity index (χ1) is 11.8. The maximum Gasteiger partial charge on any atom is 0.191 e. The zero-order valence-electron chi connectivity index (χ0n) is 15.7. The molecular weight excluding hydrogens is 484 g/mol. The standard InChI is InChI=1S/C18H25Cl2N5.HI/c1-11(16-7-6-14(19)10-17(16)20)23-18(21-4)22-9-8-15-12(2)24-25(5)13(15)3;/h6-7,10-11H,8-9H2,1-5H3,(H2,21,22,23);1H. The van der Waals surface area contributed by atoms with Crippen LogP contribution in [0.4, 0.5) is 0 Å². The molecule has 0 aliphatic rings. The quantitative estimate of drug-likeness (QED) is 0.356. The number of aliphatic imine (C=N–C) groups is 1. The molecule has 144 valence electrons. The van der Waals surface area contributed by atoms with Crippen LogP contribution in [0.15, 0.2) is 23.2 Å². The lowest BCUT2D eigenvalue weighted by Crippen LogP contribution is -2.39. The summed E-state index contributed by atoms with van der Waals surface area (Å²) in [6.45, 7) is 6.94. The van der Waals surface area contributed by atoms with Crippen molar-refractivity contribution in [2.24, 2.45) is 12.0 Å². The van der Waals surface area contributed by atoms with Crippen molar-refractivity contribution in [1.82, 2.24) is 20.4 Å². The Morgan fingerprint density at radius 1 is 1.31 bits per heavy atom. The summed E-state index contributed by atoms with van der Waals surface area (Å²) >= 11 is 12.2. The van der Waals surface area contributed by atoms with Crippen molar-refractivity contribution in [3.8, 4) is 0 Å². The molecule has 0 bridgehead atoms. The molecule has 0 aliphatic heterocycles. The minimum Gasteiger partial charge on any atom is -0.356 e. The fraction of sp³-hybridized carbons (Fsp3) is 0.444. The summed E-state index contributed by atoms with van der Waals surface area (Å²) in [5.74, 6) is 0.734. The molecule has 1 unspecified atom stereocenters. The molecule has 5 nitrogen and oxygen atoms in total. The Hall–Kier alpha value is -0.990. The predicted octanol–water partition coefficient (Wildman–Crippen LogP) is 4.43. The van der Waals surface area contributed by atoms with E-state index in [-0.39, 0.29) is 30.0 Å². The molecule has 0 spiro atoms. The van der Waals surface area contributed by atoms with Gasteiger partial charge < -0.3 is 10.6 Å². The molecule has 1 atom stereocenters. The zero-order chi connectivity index (χ0) is 18.6. The zero-order valence-corrected chi connectivity index (χ0v) is 19.6. The Labute approximate surface area is 182 Å². The molecule has 2 N–H and O–H groups in total. The van der Waals surface area contributed by atoms with Crippen molar-refractivity contribution in [1.29, 1.82) is 0 Å². The molecule has 0 radical (unpaired) electrons. The van der Waals surface area contributed by atoms with Crippen LogP contribution in [0, 0.1) is 13.8 Å². The molecule has 2 aromatic rings. The SMILES string of the molecule is CN=C(NCCc1c(C)nn(C)c1C)NC(C)c1ccc(Cl)cc1Cl.I. The molecule has 0 fully saturated rings. The average molecular weight is 510 g/mol. The number of benzene rings is 1. The largest absolute Gasteiger partial charge is 0.356 e. The Balaban J connectivity index is 0.00000338. The van der Waals surface area contributed by atoms with Crippen LogP contribution in [-0.2, 0) is 13.5 Å². The molecule has 2 rings (SSSR count). The van der Waals surface area contributed by atoms with E-state index in [0.29, 0.717) is 10.0 Å². The molecule has 0 saturated heterocycles. The van der Waals surface area contributed by atoms with Gasteiger partial charge in [0.15, 0.2) is 5.96 Å². The molecule has 1 heterocycles. The summed E-state index contributed by atoms with van der Waals surface area (Å²) in [7, 11) is 3.73. The van der Waals surface area contributed by atoms with Crippen molar-refractivity contribution in [3.63, 3.8) is 0 Å². The smallest absolute Gasteiger partial charge is 0.191 e. The second kappa shape index (κ2) is 10.4. The fourth-order valence-electron chi connectivity index (χ4n) is 2.82. The van der Waals surface area contributed by atoms with Crippen LogP contribution >= 0.6 is 47.2 Å². The number of nitrogens with one attached hydrogen (secondary N) is 2. The monoisotopic (exact) mass is 509 g/mol. The molecule has 26 heavy (non-hydrogen) atoms. The number of rotatable bonds is 5. The molecule has 1 aromatic heterocycles. The van der Waals surface area contributed by atoms with Crippen LogP contribution in [0.1, 0.15) is 35.5 Å². The van der Waals surface area contributed by atoms with Gasteiger partial charge in [0.25, 0.3) is 0 Å². The number of halogens is 3. The second-order valence-corrected chi connectivity index (χ2v) is 6.90. The highest BCUT2D eigenvalue weighted by Crippen LogP contribution is 2.25. The number of guanidine groups is 1. The summed E-state index contributed by atoms with van der Waals surface area (Å²) in [5.41, 5.74) is 4.53. The summed E-state index contributed by atoms with van der Waals surface area (Å²) in [5, 5.41) is 12.4. The number of hydrogen-bond acceptors (Lipinski definition) is 2. The third-order valence-electron chi connectivity index (χ3n) is 4.33. The first-order valence-corrected chi connectivity index (χ1v) is 9.00. The number of aryl methyl sites for hydroxylation is 2. The number of aromatic nitrogens is 2. The number of nitrogens with zero attached hydrogens (tertiary/aromatic N) is 3. The van der Waals surface area contributed by atoms with E-state index in [2.05, 4.69) is 27.6 Å². The lowest BCUT2D eigenvalue weighted by atomic mass is 10.1. The molecule has 0 aliphatic carbocycles. The normalized spacial score (nSPS) is 12.5. The average Bonchev–Trinajstić information content (AvgIpc) is 2.79. The van der Waals surface area contributed by atoms with Gasteiger partial charge in [0.2, 0.25) is 0 Å². The summed E-state index contributed by atoms with van der Waals surface area (Å²) in [6, 6.07) is 5.53. The topological polar surface area (TPSA) is 54.2 Å².